The second-order valence-electron chi connectivity index (χ2n) is 8.56. The molecule has 6 nitrogen and oxygen atoms in total. The SMILES string of the molecule is Cc1cc(C2=NC(C3CC(C)(O)C3)=C3C=NC=C[N+]23N)ccc1Oc1ccccc1. The van der Waals surface area contributed by atoms with E-state index >= 15 is 0 Å². The number of aliphatic hydroxyl groups is 1. The fourth-order valence-electron chi connectivity index (χ4n) is 4.42. The van der Waals surface area contributed by atoms with Gasteiger partial charge < -0.3 is 9.84 Å². The summed E-state index contributed by atoms with van der Waals surface area (Å²) in [7, 11) is 0. The van der Waals surface area contributed by atoms with Gasteiger partial charge in [0.15, 0.2) is 0 Å². The molecule has 1 fully saturated rings. The minimum atomic E-state index is -0.630. The Balaban J connectivity index is 1.48. The maximum atomic E-state index is 10.2. The summed E-state index contributed by atoms with van der Waals surface area (Å²) >= 11 is 0. The van der Waals surface area contributed by atoms with Gasteiger partial charge in [-0.25, -0.2) is 0 Å². The number of aliphatic imine (C=N–C) groups is 2. The van der Waals surface area contributed by atoms with Crippen molar-refractivity contribution in [2.24, 2.45) is 21.7 Å². The van der Waals surface area contributed by atoms with Crippen molar-refractivity contribution in [2.45, 2.75) is 32.3 Å². The molecule has 1 unspecified atom stereocenters. The first-order valence-corrected chi connectivity index (χ1v) is 10.1. The van der Waals surface area contributed by atoms with Gasteiger partial charge in [-0.1, -0.05) is 18.2 Å². The Hall–Kier alpha value is -3.06. The Morgan fingerprint density at radius 3 is 2.63 bits per heavy atom. The number of amidine groups is 1. The molecule has 0 aromatic heterocycles. The van der Waals surface area contributed by atoms with E-state index in [1.165, 1.54) is 0 Å². The summed E-state index contributed by atoms with van der Waals surface area (Å²) in [5, 5.41) is 10.2. The summed E-state index contributed by atoms with van der Waals surface area (Å²) in [5.74, 6) is 9.34. The number of ether oxygens (including phenoxy) is 1. The van der Waals surface area contributed by atoms with Gasteiger partial charge in [-0.05, 0) is 62.6 Å². The lowest BCUT2D eigenvalue weighted by molar-refractivity contribution is -0.750. The third-order valence-corrected chi connectivity index (χ3v) is 5.99. The van der Waals surface area contributed by atoms with Crippen molar-refractivity contribution in [2.75, 3.05) is 0 Å². The van der Waals surface area contributed by atoms with E-state index in [0.29, 0.717) is 12.8 Å². The lowest BCUT2D eigenvalue weighted by atomic mass is 9.70. The molecule has 2 aliphatic heterocycles. The summed E-state index contributed by atoms with van der Waals surface area (Å²) in [5.41, 5.74) is 3.11. The van der Waals surface area contributed by atoms with E-state index in [-0.39, 0.29) is 10.5 Å². The van der Waals surface area contributed by atoms with E-state index in [1.807, 2.05) is 62.5 Å². The van der Waals surface area contributed by atoms with E-state index in [0.717, 1.165) is 39.9 Å². The van der Waals surface area contributed by atoms with E-state index in [9.17, 15) is 5.11 Å². The van der Waals surface area contributed by atoms with Crippen molar-refractivity contribution in [1.29, 1.82) is 0 Å². The average Bonchev–Trinajstić information content (AvgIpc) is 3.01. The van der Waals surface area contributed by atoms with Crippen LogP contribution in [0.15, 0.2) is 82.3 Å². The van der Waals surface area contributed by atoms with Gasteiger partial charge in [-0.2, -0.15) is 10.8 Å². The zero-order valence-corrected chi connectivity index (χ0v) is 17.1. The van der Waals surface area contributed by atoms with Gasteiger partial charge in [0.1, 0.15) is 23.4 Å². The molecule has 0 amide bonds. The zero-order chi connectivity index (χ0) is 20.9. The number of quaternary nitrogens is 1. The van der Waals surface area contributed by atoms with Crippen molar-refractivity contribution >= 4 is 12.1 Å². The van der Waals surface area contributed by atoms with E-state index in [1.54, 1.807) is 12.4 Å². The molecule has 2 aromatic carbocycles. The first kappa shape index (κ1) is 18.9. The standard InChI is InChI=1S/C24H25N4O2/c1-16-12-17(8-9-21(16)30-19-6-4-3-5-7-19)23-27-22(18-13-24(2,29)14-18)20-15-26-10-11-28(20,23)25/h3-12,15,18,29H,13-14,25H2,1-2H3/q+1. The Kier molecular flexibility index (Phi) is 4.25. The summed E-state index contributed by atoms with van der Waals surface area (Å²) < 4.78 is 6.01. The van der Waals surface area contributed by atoms with Crippen LogP contribution in [0.25, 0.3) is 0 Å². The highest BCUT2D eigenvalue weighted by molar-refractivity contribution is 6.00. The number of hydrogen-bond donors (Lipinski definition) is 2. The molecule has 2 heterocycles. The van der Waals surface area contributed by atoms with Gasteiger partial charge in [0.05, 0.1) is 23.6 Å². The van der Waals surface area contributed by atoms with E-state index in [2.05, 4.69) is 11.1 Å². The van der Waals surface area contributed by atoms with Gasteiger partial charge in [-0.3, -0.25) is 4.99 Å². The predicted octanol–water partition coefficient (Wildman–Crippen LogP) is 4.17. The van der Waals surface area contributed by atoms with Crippen molar-refractivity contribution in [3.8, 4) is 11.5 Å². The van der Waals surface area contributed by atoms with Gasteiger partial charge in [0.2, 0.25) is 5.70 Å². The first-order chi connectivity index (χ1) is 14.4. The Morgan fingerprint density at radius 1 is 1.17 bits per heavy atom. The maximum Gasteiger partial charge on any atom is 0.264 e. The number of hydrogen-bond acceptors (Lipinski definition) is 5. The molecule has 0 spiro atoms. The summed E-state index contributed by atoms with van der Waals surface area (Å²) in [6.45, 7) is 3.88. The van der Waals surface area contributed by atoms with Crippen LogP contribution in [0, 0.1) is 12.8 Å². The molecule has 2 aromatic rings. The average molecular weight is 401 g/mol. The molecule has 5 rings (SSSR count). The largest absolute Gasteiger partial charge is 0.457 e. The maximum absolute atomic E-state index is 10.2. The normalized spacial score (nSPS) is 29.5. The van der Waals surface area contributed by atoms with Crippen LogP contribution in [0.2, 0.25) is 0 Å². The van der Waals surface area contributed by atoms with Crippen LogP contribution in [0.1, 0.15) is 30.9 Å². The number of fused-ring (bicyclic) bond motifs is 1. The summed E-state index contributed by atoms with van der Waals surface area (Å²) in [6.07, 6.45) is 6.71. The number of nitrogens with zero attached hydrogens (tertiary/aromatic N) is 3. The lowest BCUT2D eigenvalue weighted by Crippen LogP contribution is -2.53. The molecule has 30 heavy (non-hydrogen) atoms. The number of rotatable bonds is 4. The van der Waals surface area contributed by atoms with Crippen LogP contribution in [0.4, 0.5) is 0 Å². The highest BCUT2D eigenvalue weighted by atomic mass is 16.5. The van der Waals surface area contributed by atoms with E-state index < -0.39 is 5.60 Å². The Labute approximate surface area is 175 Å². The minimum absolute atomic E-state index is 0.00416. The minimum Gasteiger partial charge on any atom is -0.457 e. The fourth-order valence-corrected chi connectivity index (χ4v) is 4.42. The number of aryl methyl sites for hydroxylation is 1. The van der Waals surface area contributed by atoms with Crippen LogP contribution < -0.4 is 10.6 Å². The molecule has 1 aliphatic carbocycles. The smallest absolute Gasteiger partial charge is 0.264 e. The molecule has 6 heteroatoms. The molecule has 0 bridgehead atoms. The number of nitrogens with two attached hydrogens (primary N) is 1. The van der Waals surface area contributed by atoms with Crippen molar-refractivity contribution in [1.82, 2.24) is 0 Å². The van der Waals surface area contributed by atoms with Gasteiger partial charge >= 0.3 is 0 Å². The predicted molar refractivity (Wildman–Crippen MR) is 117 cm³/mol. The molecular weight excluding hydrogens is 376 g/mol. The van der Waals surface area contributed by atoms with E-state index in [4.69, 9.17) is 15.6 Å². The second kappa shape index (κ2) is 6.74. The molecule has 0 saturated heterocycles. The highest BCUT2D eigenvalue weighted by Crippen LogP contribution is 2.46. The molecule has 3 aliphatic rings. The van der Waals surface area contributed by atoms with Gasteiger partial charge in [0, 0.05) is 5.92 Å². The molecule has 1 saturated carbocycles. The fraction of sp³-hybridized carbons (Fsp3) is 0.250. The summed E-state index contributed by atoms with van der Waals surface area (Å²) in [6, 6.07) is 15.7. The van der Waals surface area contributed by atoms with Crippen LogP contribution in [-0.4, -0.2) is 27.3 Å². The van der Waals surface area contributed by atoms with Gasteiger partial charge in [0.25, 0.3) is 5.84 Å². The van der Waals surface area contributed by atoms with Gasteiger partial charge in [-0.15, -0.1) is 4.59 Å². The third-order valence-electron chi connectivity index (χ3n) is 5.99. The number of para-hydroxylation sites is 1. The summed E-state index contributed by atoms with van der Waals surface area (Å²) in [4.78, 5) is 9.25. The molecular formula is C24H25N4O2+. The highest BCUT2D eigenvalue weighted by Gasteiger charge is 2.50. The van der Waals surface area contributed by atoms with Crippen LogP contribution in [0.5, 0.6) is 11.5 Å². The Bertz CT molecular complexity index is 1120. The van der Waals surface area contributed by atoms with Crippen molar-refractivity contribution in [3.63, 3.8) is 0 Å². The van der Waals surface area contributed by atoms with Crippen molar-refractivity contribution < 1.29 is 14.4 Å². The lowest BCUT2D eigenvalue weighted by Gasteiger charge is -2.40. The quantitative estimate of drug-likeness (QED) is 0.596. The number of allylic oxidation sites excluding steroid dienone is 2. The zero-order valence-electron chi connectivity index (χ0n) is 17.1. The number of benzene rings is 2. The Morgan fingerprint density at radius 2 is 1.93 bits per heavy atom. The van der Waals surface area contributed by atoms with Crippen LogP contribution in [0.3, 0.4) is 0 Å². The van der Waals surface area contributed by atoms with Crippen molar-refractivity contribution in [3.05, 3.63) is 83.5 Å². The van der Waals surface area contributed by atoms with Crippen LogP contribution in [-0.2, 0) is 0 Å². The molecule has 1 atom stereocenters. The monoisotopic (exact) mass is 401 g/mol. The topological polar surface area (TPSA) is 80.2 Å². The third kappa shape index (κ3) is 3.10. The molecule has 152 valence electrons. The van der Waals surface area contributed by atoms with Crippen LogP contribution >= 0.6 is 0 Å². The first-order valence-electron chi connectivity index (χ1n) is 10.1. The molecule has 3 N–H and O–H groups in total. The molecule has 0 radical (unpaired) electrons. The second-order valence-corrected chi connectivity index (χ2v) is 8.56.